The van der Waals surface area contributed by atoms with E-state index in [1.54, 1.807) is 24.3 Å². The minimum atomic E-state index is -0.212. The first-order valence-corrected chi connectivity index (χ1v) is 9.51. The molecule has 138 valence electrons. The molecule has 0 spiro atoms. The molecule has 1 aliphatic carbocycles. The maximum absolute atomic E-state index is 12.5. The van der Waals surface area contributed by atoms with E-state index in [0.29, 0.717) is 30.0 Å². The van der Waals surface area contributed by atoms with E-state index in [1.165, 1.54) is 4.90 Å². The Balaban J connectivity index is 1.38. The lowest BCUT2D eigenvalue weighted by Crippen LogP contribution is -2.32. The van der Waals surface area contributed by atoms with E-state index in [2.05, 4.69) is 15.6 Å². The van der Waals surface area contributed by atoms with Gasteiger partial charge in [-0.3, -0.25) is 14.5 Å². The summed E-state index contributed by atoms with van der Waals surface area (Å²) in [4.78, 5) is 30.6. The Morgan fingerprint density at radius 2 is 1.74 bits per heavy atom. The van der Waals surface area contributed by atoms with Gasteiger partial charge in [-0.2, -0.15) is 5.26 Å². The van der Waals surface area contributed by atoms with Crippen LogP contribution in [0.25, 0.3) is 0 Å². The summed E-state index contributed by atoms with van der Waals surface area (Å²) in [7, 11) is 0. The standard InChI is InChI=1S/C21H22N4O2/c22-11-15-5-7-16(8-6-15)13-24-14-23-12-17(24)9-10-25-20(26)18-3-1-2-4-19(18)21(25)27/h1-4,12,14-16H,5-10,13H2. The molecule has 0 radical (unpaired) electrons. The van der Waals surface area contributed by atoms with Crippen LogP contribution < -0.4 is 0 Å². The minimum absolute atomic E-state index is 0.206. The fraction of sp³-hybridized carbons (Fsp3) is 0.429. The number of amides is 2. The first kappa shape index (κ1) is 17.5. The Kier molecular flexibility index (Phi) is 4.76. The largest absolute Gasteiger partial charge is 0.334 e. The van der Waals surface area contributed by atoms with Gasteiger partial charge in [-0.25, -0.2) is 4.98 Å². The molecule has 1 aromatic carbocycles. The van der Waals surface area contributed by atoms with E-state index in [4.69, 9.17) is 5.26 Å². The van der Waals surface area contributed by atoms with Crippen LogP contribution in [-0.2, 0) is 13.0 Å². The van der Waals surface area contributed by atoms with Crippen LogP contribution in [0.15, 0.2) is 36.8 Å². The van der Waals surface area contributed by atoms with Crippen LogP contribution in [0.5, 0.6) is 0 Å². The Labute approximate surface area is 158 Å². The fourth-order valence-corrected chi connectivity index (χ4v) is 4.14. The van der Waals surface area contributed by atoms with Crippen LogP contribution in [0.1, 0.15) is 52.1 Å². The molecule has 1 fully saturated rings. The predicted molar refractivity (Wildman–Crippen MR) is 98.8 cm³/mol. The summed E-state index contributed by atoms with van der Waals surface area (Å²) in [5.41, 5.74) is 2.02. The van der Waals surface area contributed by atoms with Crippen molar-refractivity contribution in [3.05, 3.63) is 53.6 Å². The van der Waals surface area contributed by atoms with Gasteiger partial charge in [0, 0.05) is 37.3 Å². The first-order chi connectivity index (χ1) is 13.2. The van der Waals surface area contributed by atoms with Crippen molar-refractivity contribution in [3.8, 4) is 6.07 Å². The lowest BCUT2D eigenvalue weighted by atomic mass is 9.82. The van der Waals surface area contributed by atoms with Crippen LogP contribution in [0.4, 0.5) is 0 Å². The van der Waals surface area contributed by atoms with Gasteiger partial charge in [0.15, 0.2) is 0 Å². The number of carbonyl (C=O) groups excluding carboxylic acids is 2. The lowest BCUT2D eigenvalue weighted by Gasteiger charge is -2.25. The number of nitriles is 1. The average Bonchev–Trinajstić information content (AvgIpc) is 3.24. The molecule has 27 heavy (non-hydrogen) atoms. The normalized spacial score (nSPS) is 22.0. The predicted octanol–water partition coefficient (Wildman–Crippen LogP) is 3.05. The maximum atomic E-state index is 12.5. The molecule has 2 heterocycles. The maximum Gasteiger partial charge on any atom is 0.261 e. The molecule has 6 nitrogen and oxygen atoms in total. The lowest BCUT2D eigenvalue weighted by molar-refractivity contribution is 0.0655. The molecule has 0 atom stereocenters. The van der Waals surface area contributed by atoms with Crippen LogP contribution in [-0.4, -0.2) is 32.8 Å². The molecule has 2 amide bonds. The molecule has 1 saturated carbocycles. The van der Waals surface area contributed by atoms with Gasteiger partial charge in [0.25, 0.3) is 11.8 Å². The number of hydrogen-bond acceptors (Lipinski definition) is 4. The van der Waals surface area contributed by atoms with E-state index in [-0.39, 0.29) is 17.7 Å². The quantitative estimate of drug-likeness (QED) is 0.766. The summed E-state index contributed by atoms with van der Waals surface area (Å²) in [5, 5.41) is 9.03. The summed E-state index contributed by atoms with van der Waals surface area (Å²) in [6.45, 7) is 1.24. The third-order valence-corrected chi connectivity index (χ3v) is 5.75. The van der Waals surface area contributed by atoms with Gasteiger partial charge in [0.1, 0.15) is 0 Å². The molecular weight excluding hydrogens is 340 g/mol. The van der Waals surface area contributed by atoms with Crippen molar-refractivity contribution in [2.24, 2.45) is 11.8 Å². The number of nitrogens with zero attached hydrogens (tertiary/aromatic N) is 4. The third kappa shape index (κ3) is 3.37. The van der Waals surface area contributed by atoms with Crippen LogP contribution >= 0.6 is 0 Å². The number of imidazole rings is 1. The number of imide groups is 1. The monoisotopic (exact) mass is 362 g/mol. The topological polar surface area (TPSA) is 79.0 Å². The molecule has 2 aliphatic rings. The van der Waals surface area contributed by atoms with Gasteiger partial charge in [0.2, 0.25) is 0 Å². The second kappa shape index (κ2) is 7.36. The molecule has 0 N–H and O–H groups in total. The van der Waals surface area contributed by atoms with E-state index >= 15 is 0 Å². The number of rotatable bonds is 5. The van der Waals surface area contributed by atoms with Gasteiger partial charge < -0.3 is 4.57 Å². The third-order valence-electron chi connectivity index (χ3n) is 5.75. The fourth-order valence-electron chi connectivity index (χ4n) is 4.14. The van der Waals surface area contributed by atoms with Gasteiger partial charge in [0.05, 0.1) is 23.5 Å². The molecule has 0 unspecified atom stereocenters. The number of aromatic nitrogens is 2. The highest BCUT2D eigenvalue weighted by Gasteiger charge is 2.34. The average molecular weight is 362 g/mol. The second-order valence-corrected chi connectivity index (χ2v) is 7.44. The number of fused-ring (bicyclic) bond motifs is 1. The molecule has 6 heteroatoms. The van der Waals surface area contributed by atoms with Crippen molar-refractivity contribution >= 4 is 11.8 Å². The highest BCUT2D eigenvalue weighted by Crippen LogP contribution is 2.29. The molecule has 0 saturated heterocycles. The number of hydrogen-bond donors (Lipinski definition) is 0. The van der Waals surface area contributed by atoms with Gasteiger partial charge in [-0.15, -0.1) is 0 Å². The van der Waals surface area contributed by atoms with Crippen molar-refractivity contribution in [2.45, 2.75) is 38.6 Å². The van der Waals surface area contributed by atoms with E-state index < -0.39 is 0 Å². The summed E-state index contributed by atoms with van der Waals surface area (Å²) in [6.07, 6.45) is 8.31. The minimum Gasteiger partial charge on any atom is -0.334 e. The Morgan fingerprint density at radius 3 is 2.37 bits per heavy atom. The van der Waals surface area contributed by atoms with Gasteiger partial charge in [-0.1, -0.05) is 12.1 Å². The summed E-state index contributed by atoms with van der Waals surface area (Å²) >= 11 is 0. The Hall–Kier alpha value is -2.94. The summed E-state index contributed by atoms with van der Waals surface area (Å²) < 4.78 is 2.13. The van der Waals surface area contributed by atoms with Gasteiger partial charge >= 0.3 is 0 Å². The molecule has 0 bridgehead atoms. The van der Waals surface area contributed by atoms with Crippen LogP contribution in [0.3, 0.4) is 0 Å². The molecule has 1 aromatic heterocycles. The van der Waals surface area contributed by atoms with Crippen molar-refractivity contribution in [1.29, 1.82) is 5.26 Å². The van der Waals surface area contributed by atoms with Crippen molar-refractivity contribution in [1.82, 2.24) is 14.5 Å². The van der Waals surface area contributed by atoms with Crippen molar-refractivity contribution < 1.29 is 9.59 Å². The number of benzene rings is 1. The van der Waals surface area contributed by atoms with Crippen LogP contribution in [0, 0.1) is 23.2 Å². The first-order valence-electron chi connectivity index (χ1n) is 9.51. The zero-order valence-corrected chi connectivity index (χ0v) is 15.2. The van der Waals surface area contributed by atoms with E-state index in [9.17, 15) is 9.59 Å². The van der Waals surface area contributed by atoms with Gasteiger partial charge in [-0.05, 0) is 43.7 Å². The van der Waals surface area contributed by atoms with Crippen LogP contribution in [0.2, 0.25) is 0 Å². The van der Waals surface area contributed by atoms with Crippen molar-refractivity contribution in [3.63, 3.8) is 0 Å². The molecule has 2 aromatic rings. The highest BCUT2D eigenvalue weighted by atomic mass is 16.2. The summed E-state index contributed by atoms with van der Waals surface area (Å²) in [5.74, 6) is 0.340. The SMILES string of the molecule is N#CC1CCC(Cn2cncc2CCN2C(=O)c3ccccc3C2=O)CC1. The highest BCUT2D eigenvalue weighted by molar-refractivity contribution is 6.21. The number of carbonyl (C=O) groups is 2. The van der Waals surface area contributed by atoms with Crippen molar-refractivity contribution in [2.75, 3.05) is 6.54 Å². The second-order valence-electron chi connectivity index (χ2n) is 7.44. The zero-order chi connectivity index (χ0) is 18.8. The van der Waals surface area contributed by atoms with E-state index in [0.717, 1.165) is 37.9 Å². The molecule has 1 aliphatic heterocycles. The summed E-state index contributed by atoms with van der Waals surface area (Å²) in [6, 6.07) is 9.35. The van der Waals surface area contributed by atoms with E-state index in [1.807, 2.05) is 12.5 Å². The Morgan fingerprint density at radius 1 is 1.07 bits per heavy atom. The molecule has 4 rings (SSSR count). The Bertz CT molecular complexity index is 868. The smallest absolute Gasteiger partial charge is 0.261 e. The zero-order valence-electron chi connectivity index (χ0n) is 15.2. The molecular formula is C21H22N4O2.